The predicted octanol–water partition coefficient (Wildman–Crippen LogP) is 2.28. The van der Waals surface area contributed by atoms with Crippen LogP contribution in [0.1, 0.15) is 26.5 Å². The number of carbonyl (C=O) groups is 2. The molecule has 0 saturated heterocycles. The largest absolute Gasteiger partial charge is 0.496 e. The van der Waals surface area contributed by atoms with Gasteiger partial charge in [0.1, 0.15) is 11.4 Å². The summed E-state index contributed by atoms with van der Waals surface area (Å²) in [5.41, 5.74) is 1.17. The number of carboxylic acid groups (broad SMARTS) is 1. The first kappa shape index (κ1) is 13.7. The van der Waals surface area contributed by atoms with Crippen molar-refractivity contribution in [2.75, 3.05) is 12.4 Å². The number of amides is 1. The number of aromatic nitrogens is 1. The van der Waals surface area contributed by atoms with Gasteiger partial charge in [0, 0.05) is 5.69 Å². The summed E-state index contributed by atoms with van der Waals surface area (Å²) in [6.45, 7) is 1.71. The monoisotopic (exact) mass is 274 g/mol. The highest BCUT2D eigenvalue weighted by atomic mass is 16.5. The Bertz CT molecular complexity index is 661. The van der Waals surface area contributed by atoms with Crippen LogP contribution in [0.2, 0.25) is 0 Å². The van der Waals surface area contributed by atoms with Crippen LogP contribution in [0.4, 0.5) is 5.69 Å². The molecule has 1 aromatic heterocycles. The first-order valence-electron chi connectivity index (χ1n) is 5.90. The number of anilines is 1. The van der Waals surface area contributed by atoms with Crippen LogP contribution in [0.3, 0.4) is 0 Å². The molecule has 0 fully saturated rings. The molecule has 0 radical (unpaired) electrons. The Labute approximate surface area is 115 Å². The van der Waals surface area contributed by atoms with Crippen molar-refractivity contribution in [1.29, 1.82) is 0 Å². The number of para-hydroxylation sites is 1. The summed E-state index contributed by atoms with van der Waals surface area (Å²) in [6.07, 6.45) is 0. The molecule has 3 N–H and O–H groups in total. The summed E-state index contributed by atoms with van der Waals surface area (Å²) in [5, 5.41) is 11.6. The number of benzene rings is 1. The Morgan fingerprint density at radius 3 is 2.65 bits per heavy atom. The molecule has 6 nitrogen and oxygen atoms in total. The molecule has 0 unspecified atom stereocenters. The van der Waals surface area contributed by atoms with Gasteiger partial charge in [-0.2, -0.15) is 0 Å². The molecule has 0 aliphatic carbocycles. The fourth-order valence-electron chi connectivity index (χ4n) is 1.88. The molecule has 0 spiro atoms. The number of aromatic amines is 1. The van der Waals surface area contributed by atoms with Gasteiger partial charge in [-0.05, 0) is 25.1 Å². The van der Waals surface area contributed by atoms with Gasteiger partial charge in [-0.25, -0.2) is 4.79 Å². The average molecular weight is 274 g/mol. The van der Waals surface area contributed by atoms with Crippen molar-refractivity contribution in [2.45, 2.75) is 6.92 Å². The minimum absolute atomic E-state index is 0.0502. The van der Waals surface area contributed by atoms with Crippen LogP contribution in [0.5, 0.6) is 5.75 Å². The number of nitrogens with one attached hydrogen (secondary N) is 2. The third-order valence-electron chi connectivity index (χ3n) is 2.77. The Balaban J connectivity index is 2.30. The second kappa shape index (κ2) is 5.48. The zero-order valence-electron chi connectivity index (χ0n) is 11.1. The molecular weight excluding hydrogens is 260 g/mol. The molecule has 104 valence electrons. The van der Waals surface area contributed by atoms with E-state index in [0.29, 0.717) is 17.0 Å². The molecule has 6 heteroatoms. The fourth-order valence-corrected chi connectivity index (χ4v) is 1.88. The second-order valence-corrected chi connectivity index (χ2v) is 4.20. The van der Waals surface area contributed by atoms with Crippen molar-refractivity contribution >= 4 is 17.6 Å². The number of hydrogen-bond donors (Lipinski definition) is 3. The number of methoxy groups -OCH3 is 1. The number of ether oxygens (including phenoxy) is 1. The molecular formula is C14H14N2O4. The van der Waals surface area contributed by atoms with Crippen LogP contribution in [-0.2, 0) is 0 Å². The summed E-state index contributed by atoms with van der Waals surface area (Å²) < 4.78 is 5.10. The second-order valence-electron chi connectivity index (χ2n) is 4.20. The number of carboxylic acids is 1. The van der Waals surface area contributed by atoms with E-state index in [4.69, 9.17) is 9.84 Å². The maximum atomic E-state index is 12.2. The molecule has 1 heterocycles. The summed E-state index contributed by atoms with van der Waals surface area (Å²) >= 11 is 0. The van der Waals surface area contributed by atoms with Crippen molar-refractivity contribution in [3.05, 3.63) is 47.3 Å². The molecule has 1 amide bonds. The highest BCUT2D eigenvalue weighted by Crippen LogP contribution is 2.21. The van der Waals surface area contributed by atoms with Crippen LogP contribution in [0.15, 0.2) is 30.3 Å². The molecule has 2 aromatic rings. The van der Waals surface area contributed by atoms with Crippen LogP contribution in [0, 0.1) is 6.92 Å². The molecule has 0 aliphatic rings. The maximum Gasteiger partial charge on any atom is 0.354 e. The first-order valence-corrected chi connectivity index (χ1v) is 5.90. The van der Waals surface area contributed by atoms with Crippen molar-refractivity contribution in [1.82, 2.24) is 4.98 Å². The minimum Gasteiger partial charge on any atom is -0.496 e. The van der Waals surface area contributed by atoms with E-state index >= 15 is 0 Å². The number of aromatic carboxylic acids is 1. The van der Waals surface area contributed by atoms with Crippen molar-refractivity contribution in [2.24, 2.45) is 0 Å². The smallest absolute Gasteiger partial charge is 0.354 e. The summed E-state index contributed by atoms with van der Waals surface area (Å²) in [6, 6.07) is 8.29. The number of hydrogen-bond acceptors (Lipinski definition) is 3. The molecule has 0 atom stereocenters. The van der Waals surface area contributed by atoms with Gasteiger partial charge in [-0.15, -0.1) is 0 Å². The third kappa shape index (κ3) is 2.64. The molecule has 0 bridgehead atoms. The zero-order valence-corrected chi connectivity index (χ0v) is 11.1. The normalized spacial score (nSPS) is 10.1. The Hall–Kier alpha value is -2.76. The Morgan fingerprint density at radius 2 is 2.00 bits per heavy atom. The molecule has 2 rings (SSSR count). The van der Waals surface area contributed by atoms with Gasteiger partial charge < -0.3 is 20.1 Å². The highest BCUT2D eigenvalue weighted by Gasteiger charge is 2.18. The van der Waals surface area contributed by atoms with Crippen molar-refractivity contribution in [3.63, 3.8) is 0 Å². The van der Waals surface area contributed by atoms with E-state index in [0.717, 1.165) is 0 Å². The number of carbonyl (C=O) groups excluding carboxylic acids is 1. The van der Waals surface area contributed by atoms with E-state index in [1.165, 1.54) is 7.11 Å². The lowest BCUT2D eigenvalue weighted by atomic mass is 10.2. The fraction of sp³-hybridized carbons (Fsp3) is 0.143. The lowest BCUT2D eigenvalue weighted by Crippen LogP contribution is -2.15. The summed E-state index contributed by atoms with van der Waals surface area (Å²) in [4.78, 5) is 25.9. The van der Waals surface area contributed by atoms with Crippen LogP contribution < -0.4 is 10.1 Å². The van der Waals surface area contributed by atoms with Gasteiger partial charge in [-0.3, -0.25) is 4.79 Å². The minimum atomic E-state index is -1.13. The van der Waals surface area contributed by atoms with E-state index in [9.17, 15) is 9.59 Å². The van der Waals surface area contributed by atoms with E-state index in [1.807, 2.05) is 0 Å². The number of aryl methyl sites for hydroxylation is 1. The number of H-pyrrole nitrogens is 1. The topological polar surface area (TPSA) is 91.4 Å². The lowest BCUT2D eigenvalue weighted by molar-refractivity contribution is 0.0692. The van der Waals surface area contributed by atoms with Crippen molar-refractivity contribution in [3.8, 4) is 5.75 Å². The van der Waals surface area contributed by atoms with Gasteiger partial charge in [0.15, 0.2) is 0 Å². The van der Waals surface area contributed by atoms with Gasteiger partial charge >= 0.3 is 5.97 Å². The Kier molecular flexibility index (Phi) is 3.74. The standard InChI is InChI=1S/C14H14N2O4/c1-8-7-10(12(15-8)14(18)19)16-13(17)9-5-3-4-6-11(9)20-2/h3-7,15H,1-2H3,(H,16,17)(H,18,19). The summed E-state index contributed by atoms with van der Waals surface area (Å²) in [5.74, 6) is -1.13. The molecule has 0 saturated carbocycles. The van der Waals surface area contributed by atoms with E-state index < -0.39 is 11.9 Å². The predicted molar refractivity (Wildman–Crippen MR) is 73.4 cm³/mol. The molecule has 0 aliphatic heterocycles. The molecule has 1 aromatic carbocycles. The lowest BCUT2D eigenvalue weighted by Gasteiger charge is -2.08. The van der Waals surface area contributed by atoms with E-state index in [1.54, 1.807) is 37.3 Å². The number of rotatable bonds is 4. The van der Waals surface area contributed by atoms with E-state index in [2.05, 4.69) is 10.3 Å². The van der Waals surface area contributed by atoms with Crippen LogP contribution in [-0.4, -0.2) is 29.1 Å². The van der Waals surface area contributed by atoms with Gasteiger partial charge in [-0.1, -0.05) is 12.1 Å². The maximum absolute atomic E-state index is 12.2. The summed E-state index contributed by atoms with van der Waals surface area (Å²) in [7, 11) is 1.47. The van der Waals surface area contributed by atoms with Gasteiger partial charge in [0.2, 0.25) is 0 Å². The van der Waals surface area contributed by atoms with Gasteiger partial charge in [0.25, 0.3) is 5.91 Å². The highest BCUT2D eigenvalue weighted by molar-refractivity contribution is 6.08. The molecule has 20 heavy (non-hydrogen) atoms. The van der Waals surface area contributed by atoms with E-state index in [-0.39, 0.29) is 11.4 Å². The van der Waals surface area contributed by atoms with Gasteiger partial charge in [0.05, 0.1) is 18.4 Å². The van der Waals surface area contributed by atoms with Crippen LogP contribution >= 0.6 is 0 Å². The quantitative estimate of drug-likeness (QED) is 0.797. The SMILES string of the molecule is COc1ccccc1C(=O)Nc1cc(C)[nH]c1C(=O)O. The first-order chi connectivity index (χ1) is 9.52. The van der Waals surface area contributed by atoms with Crippen LogP contribution in [0.25, 0.3) is 0 Å². The van der Waals surface area contributed by atoms with Crippen molar-refractivity contribution < 1.29 is 19.4 Å². The third-order valence-corrected chi connectivity index (χ3v) is 2.77. The average Bonchev–Trinajstić information content (AvgIpc) is 2.79. The zero-order chi connectivity index (χ0) is 14.7. The Morgan fingerprint density at radius 1 is 1.30 bits per heavy atom.